The minimum Gasteiger partial charge on any atom is -0.281 e. The van der Waals surface area contributed by atoms with Crippen molar-refractivity contribution >= 4 is 17.2 Å². The minimum absolute atomic E-state index is 0.118. The van der Waals surface area contributed by atoms with Gasteiger partial charge in [0.1, 0.15) is 0 Å². The Bertz CT molecular complexity index is 879. The van der Waals surface area contributed by atoms with Crippen LogP contribution in [0.1, 0.15) is 45.2 Å². The zero-order valence-corrected chi connectivity index (χ0v) is 16.0. The molecule has 0 N–H and O–H groups in total. The van der Waals surface area contributed by atoms with Gasteiger partial charge in [-0.1, -0.05) is 69.3 Å². The normalized spacial score (nSPS) is 22.6. The minimum atomic E-state index is -0.426. The highest BCUT2D eigenvalue weighted by atomic mass is 16.2. The maximum atomic E-state index is 12.9. The highest BCUT2D eigenvalue weighted by Gasteiger charge is 2.50. The van der Waals surface area contributed by atoms with E-state index in [4.69, 9.17) is 0 Å². The van der Waals surface area contributed by atoms with E-state index in [2.05, 4.69) is 87.3 Å². The van der Waals surface area contributed by atoms with Gasteiger partial charge in [-0.25, -0.2) is 5.01 Å². The molecule has 1 unspecified atom stereocenters. The zero-order valence-electron chi connectivity index (χ0n) is 16.0. The lowest BCUT2D eigenvalue weighted by Crippen LogP contribution is -2.59. The van der Waals surface area contributed by atoms with Crippen molar-refractivity contribution in [3.8, 4) is 0 Å². The lowest BCUT2D eigenvalue weighted by atomic mass is 9.72. The van der Waals surface area contributed by atoms with Crippen LogP contribution < -0.4 is 5.01 Å². The van der Waals surface area contributed by atoms with E-state index in [1.807, 2.05) is 11.1 Å². The van der Waals surface area contributed by atoms with E-state index in [1.54, 1.807) is 0 Å². The second-order valence-corrected chi connectivity index (χ2v) is 8.42. The summed E-state index contributed by atoms with van der Waals surface area (Å²) in [5, 5.41) is 4.19. The van der Waals surface area contributed by atoms with E-state index < -0.39 is 5.54 Å². The average Bonchev–Trinajstić information content (AvgIpc) is 2.96. The fraction of sp³-hybridized carbons (Fsp3) is 0.348. The van der Waals surface area contributed by atoms with Gasteiger partial charge >= 0.3 is 0 Å². The topological polar surface area (TPSA) is 23.6 Å². The van der Waals surface area contributed by atoms with Crippen molar-refractivity contribution in [1.29, 1.82) is 0 Å². The Morgan fingerprint density at radius 2 is 1.62 bits per heavy atom. The highest BCUT2D eigenvalue weighted by Crippen LogP contribution is 2.48. The second kappa shape index (κ2) is 5.73. The maximum Gasteiger partial charge on any atom is 0.243 e. The number of anilines is 1. The fourth-order valence-electron chi connectivity index (χ4n) is 4.02. The van der Waals surface area contributed by atoms with Crippen molar-refractivity contribution in [2.24, 2.45) is 5.41 Å². The molecule has 2 aromatic rings. The molecule has 0 radical (unpaired) electrons. The Balaban J connectivity index is 2.05. The molecule has 1 fully saturated rings. The molecule has 3 heteroatoms. The fourth-order valence-corrected chi connectivity index (χ4v) is 4.02. The highest BCUT2D eigenvalue weighted by molar-refractivity contribution is 5.92. The van der Waals surface area contributed by atoms with E-state index in [-0.39, 0.29) is 11.3 Å². The van der Waals surface area contributed by atoms with Gasteiger partial charge in [-0.2, -0.15) is 0 Å². The SMILES string of the molecule is CC(C)(C)C1(C)C=C(c2ccccc2)c2ccccc2N2CCC(=O)N21. The van der Waals surface area contributed by atoms with Gasteiger partial charge in [-0.15, -0.1) is 0 Å². The Hall–Kier alpha value is -2.55. The molecule has 2 aliphatic heterocycles. The molecule has 2 heterocycles. The van der Waals surface area contributed by atoms with Gasteiger partial charge in [0.25, 0.3) is 0 Å². The zero-order chi connectivity index (χ0) is 18.5. The molecule has 2 aliphatic rings. The van der Waals surface area contributed by atoms with E-state index in [0.29, 0.717) is 6.42 Å². The van der Waals surface area contributed by atoms with Crippen LogP contribution in [0.3, 0.4) is 0 Å². The molecule has 0 aromatic heterocycles. The summed E-state index contributed by atoms with van der Waals surface area (Å²) in [6.07, 6.45) is 2.87. The van der Waals surface area contributed by atoms with Crippen LogP contribution in [0.5, 0.6) is 0 Å². The number of nitrogens with zero attached hydrogens (tertiary/aromatic N) is 2. The van der Waals surface area contributed by atoms with Gasteiger partial charge in [-0.05, 0) is 35.6 Å². The summed E-state index contributed by atoms with van der Waals surface area (Å²) >= 11 is 0. The van der Waals surface area contributed by atoms with Crippen molar-refractivity contribution in [3.63, 3.8) is 0 Å². The molecule has 0 spiro atoms. The molecule has 2 aromatic carbocycles. The number of hydrogen-bond donors (Lipinski definition) is 0. The molecular weight excluding hydrogens is 320 g/mol. The Morgan fingerprint density at radius 3 is 2.31 bits per heavy atom. The van der Waals surface area contributed by atoms with Crippen LogP contribution in [0.2, 0.25) is 0 Å². The van der Waals surface area contributed by atoms with Gasteiger partial charge in [0.15, 0.2) is 0 Å². The lowest BCUT2D eigenvalue weighted by Gasteiger charge is -2.49. The summed E-state index contributed by atoms with van der Waals surface area (Å²) in [5.41, 5.74) is 4.14. The average molecular weight is 346 g/mol. The quantitative estimate of drug-likeness (QED) is 0.734. The number of para-hydroxylation sites is 1. The van der Waals surface area contributed by atoms with Gasteiger partial charge < -0.3 is 0 Å². The predicted octanol–water partition coefficient (Wildman–Crippen LogP) is 4.89. The summed E-state index contributed by atoms with van der Waals surface area (Å²) in [6.45, 7) is 9.57. The second-order valence-electron chi connectivity index (χ2n) is 8.42. The van der Waals surface area contributed by atoms with E-state index >= 15 is 0 Å². The number of fused-ring (bicyclic) bond motifs is 3. The lowest BCUT2D eigenvalue weighted by molar-refractivity contribution is -0.135. The van der Waals surface area contributed by atoms with Gasteiger partial charge in [0.2, 0.25) is 5.91 Å². The summed E-state index contributed by atoms with van der Waals surface area (Å²) in [5.74, 6) is 0.197. The number of hydrazine groups is 1. The number of rotatable bonds is 1. The van der Waals surface area contributed by atoms with Crippen molar-refractivity contribution < 1.29 is 4.79 Å². The summed E-state index contributed by atoms with van der Waals surface area (Å²) < 4.78 is 0. The molecule has 0 saturated carbocycles. The van der Waals surface area contributed by atoms with Crippen molar-refractivity contribution in [2.45, 2.75) is 39.7 Å². The summed E-state index contributed by atoms with van der Waals surface area (Å²) in [6, 6.07) is 18.9. The molecule has 134 valence electrons. The Morgan fingerprint density at radius 1 is 0.962 bits per heavy atom. The maximum absolute atomic E-state index is 12.9. The molecule has 1 amide bonds. The number of benzene rings is 2. The van der Waals surface area contributed by atoms with Crippen LogP contribution in [0, 0.1) is 5.41 Å². The van der Waals surface area contributed by atoms with Crippen LogP contribution in [-0.2, 0) is 4.79 Å². The van der Waals surface area contributed by atoms with Crippen LogP contribution in [0.25, 0.3) is 5.57 Å². The molecule has 4 rings (SSSR count). The van der Waals surface area contributed by atoms with Crippen molar-refractivity contribution in [3.05, 3.63) is 71.8 Å². The van der Waals surface area contributed by atoms with Crippen LogP contribution in [0.15, 0.2) is 60.7 Å². The first-order valence-electron chi connectivity index (χ1n) is 9.31. The molecule has 1 atom stereocenters. The Kier molecular flexibility index (Phi) is 3.72. The molecule has 1 saturated heterocycles. The third-order valence-electron chi connectivity index (χ3n) is 5.96. The van der Waals surface area contributed by atoms with Gasteiger partial charge in [0, 0.05) is 18.5 Å². The Labute approximate surface area is 155 Å². The van der Waals surface area contributed by atoms with Crippen LogP contribution in [-0.4, -0.2) is 23.0 Å². The first kappa shape index (κ1) is 16.9. The third kappa shape index (κ3) is 2.38. The van der Waals surface area contributed by atoms with Gasteiger partial charge in [0.05, 0.1) is 11.2 Å². The number of amides is 1. The molecule has 26 heavy (non-hydrogen) atoms. The molecule has 3 nitrogen and oxygen atoms in total. The number of hydrogen-bond acceptors (Lipinski definition) is 2. The molecule has 0 bridgehead atoms. The van der Waals surface area contributed by atoms with Gasteiger partial charge in [-0.3, -0.25) is 9.80 Å². The predicted molar refractivity (Wildman–Crippen MR) is 107 cm³/mol. The van der Waals surface area contributed by atoms with E-state index in [0.717, 1.165) is 12.2 Å². The first-order chi connectivity index (χ1) is 12.3. The van der Waals surface area contributed by atoms with Crippen LogP contribution >= 0.6 is 0 Å². The molecular formula is C23H26N2O. The largest absolute Gasteiger partial charge is 0.281 e. The summed E-state index contributed by atoms with van der Waals surface area (Å²) in [4.78, 5) is 12.9. The number of carbonyl (C=O) groups is 1. The van der Waals surface area contributed by atoms with Crippen LogP contribution in [0.4, 0.5) is 5.69 Å². The molecule has 0 aliphatic carbocycles. The standard InChI is InChI=1S/C23H26N2O/c1-22(2,3)23(4)16-19(17-10-6-5-7-11-17)18-12-8-9-13-20(18)24-15-14-21(26)25(23)24/h5-13,16H,14-15H2,1-4H3. The van der Waals surface area contributed by atoms with Crippen molar-refractivity contribution in [1.82, 2.24) is 5.01 Å². The van der Waals surface area contributed by atoms with E-state index in [9.17, 15) is 4.79 Å². The monoisotopic (exact) mass is 346 g/mol. The number of carbonyl (C=O) groups excluding carboxylic acids is 1. The van der Waals surface area contributed by atoms with Crippen molar-refractivity contribution in [2.75, 3.05) is 11.6 Å². The third-order valence-corrected chi connectivity index (χ3v) is 5.96. The smallest absolute Gasteiger partial charge is 0.243 e. The summed E-state index contributed by atoms with van der Waals surface area (Å²) in [7, 11) is 0. The first-order valence-corrected chi connectivity index (χ1v) is 9.31. The van der Waals surface area contributed by atoms with E-state index in [1.165, 1.54) is 16.7 Å².